The van der Waals surface area contributed by atoms with Crippen LogP contribution in [-0.4, -0.2) is 17.4 Å². The Morgan fingerprint density at radius 2 is 1.95 bits per heavy atom. The van der Waals surface area contributed by atoms with Crippen LogP contribution in [0.1, 0.15) is 5.56 Å². The fraction of sp³-hybridized carbons (Fsp3) is 0.188. The quantitative estimate of drug-likeness (QED) is 0.468. The van der Waals surface area contributed by atoms with E-state index in [0.29, 0.717) is 10.1 Å². The molecule has 0 heterocycles. The van der Waals surface area contributed by atoms with Crippen LogP contribution >= 0.6 is 35.6 Å². The zero-order chi connectivity index (χ0) is 15.1. The Balaban J connectivity index is 1.72. The summed E-state index contributed by atoms with van der Waals surface area (Å²) in [7, 11) is 0. The van der Waals surface area contributed by atoms with E-state index in [0.717, 1.165) is 23.5 Å². The molecule has 0 spiro atoms. The summed E-state index contributed by atoms with van der Waals surface area (Å²) in [5, 5.41) is 7.57. The van der Waals surface area contributed by atoms with Crippen molar-refractivity contribution in [3.8, 4) is 0 Å². The molecule has 2 aromatic carbocycles. The van der Waals surface area contributed by atoms with Crippen molar-refractivity contribution in [3.63, 3.8) is 0 Å². The van der Waals surface area contributed by atoms with Gasteiger partial charge in [-0.3, -0.25) is 0 Å². The highest BCUT2D eigenvalue weighted by Crippen LogP contribution is 2.22. The summed E-state index contributed by atoms with van der Waals surface area (Å²) in [4.78, 5) is 1.26. The summed E-state index contributed by atoms with van der Waals surface area (Å²) in [6.45, 7) is 2.81. The summed E-state index contributed by atoms with van der Waals surface area (Å²) in [6.07, 6.45) is 0. The smallest absolute Gasteiger partial charge is 0.170 e. The molecule has 2 nitrogen and oxygen atoms in total. The molecular weight excluding hydrogens is 320 g/mol. The number of thiocarbonyl (C=S) groups is 1. The Morgan fingerprint density at radius 3 is 2.67 bits per heavy atom. The molecule has 110 valence electrons. The van der Waals surface area contributed by atoms with Gasteiger partial charge in [-0.2, -0.15) is 0 Å². The summed E-state index contributed by atoms with van der Waals surface area (Å²) in [6, 6.07) is 16.2. The molecule has 0 atom stereocenters. The summed E-state index contributed by atoms with van der Waals surface area (Å²) < 4.78 is 0. The molecule has 0 saturated heterocycles. The molecule has 0 radical (unpaired) electrons. The second-order valence-electron chi connectivity index (χ2n) is 4.53. The molecule has 5 heteroatoms. The van der Waals surface area contributed by atoms with Gasteiger partial charge in [-0.05, 0) is 49.0 Å². The maximum absolute atomic E-state index is 6.16. The van der Waals surface area contributed by atoms with Crippen LogP contribution in [0.2, 0.25) is 5.02 Å². The molecule has 2 rings (SSSR count). The van der Waals surface area contributed by atoms with Crippen molar-refractivity contribution in [1.29, 1.82) is 0 Å². The predicted molar refractivity (Wildman–Crippen MR) is 97.6 cm³/mol. The first-order valence-electron chi connectivity index (χ1n) is 6.64. The molecule has 0 aliphatic heterocycles. The summed E-state index contributed by atoms with van der Waals surface area (Å²) in [5.74, 6) is 0.952. The number of hydrogen-bond acceptors (Lipinski definition) is 2. The Morgan fingerprint density at radius 1 is 1.19 bits per heavy atom. The van der Waals surface area contributed by atoms with E-state index in [-0.39, 0.29) is 0 Å². The van der Waals surface area contributed by atoms with Crippen molar-refractivity contribution in [2.45, 2.75) is 11.8 Å². The third kappa shape index (κ3) is 5.58. The van der Waals surface area contributed by atoms with Crippen LogP contribution < -0.4 is 10.6 Å². The zero-order valence-corrected chi connectivity index (χ0v) is 14.1. The van der Waals surface area contributed by atoms with Crippen LogP contribution in [0, 0.1) is 6.92 Å². The number of anilines is 1. The van der Waals surface area contributed by atoms with Crippen LogP contribution in [0.5, 0.6) is 0 Å². The standard InChI is InChI=1S/C16H17ClN2S2/c1-12-7-8-15(14(17)11-12)19-16(20)18-9-10-21-13-5-3-2-4-6-13/h2-8,11H,9-10H2,1H3,(H2,18,19,20). The average Bonchev–Trinajstić information content (AvgIpc) is 2.48. The first kappa shape index (κ1) is 16.1. The third-order valence-electron chi connectivity index (χ3n) is 2.77. The molecule has 0 fully saturated rings. The monoisotopic (exact) mass is 336 g/mol. The number of hydrogen-bond donors (Lipinski definition) is 2. The summed E-state index contributed by atoms with van der Waals surface area (Å²) in [5.41, 5.74) is 1.96. The van der Waals surface area contributed by atoms with E-state index < -0.39 is 0 Å². The Bertz CT molecular complexity index is 602. The van der Waals surface area contributed by atoms with Crippen molar-refractivity contribution in [2.24, 2.45) is 0 Å². The van der Waals surface area contributed by atoms with Crippen molar-refractivity contribution >= 4 is 46.4 Å². The normalized spacial score (nSPS) is 10.2. The maximum Gasteiger partial charge on any atom is 0.170 e. The zero-order valence-electron chi connectivity index (χ0n) is 11.7. The Kier molecular flexibility index (Phi) is 6.36. The number of nitrogens with one attached hydrogen (secondary N) is 2. The van der Waals surface area contributed by atoms with Crippen molar-refractivity contribution in [1.82, 2.24) is 5.32 Å². The second-order valence-corrected chi connectivity index (χ2v) is 6.51. The first-order valence-corrected chi connectivity index (χ1v) is 8.41. The Hall–Kier alpha value is -1.23. The van der Waals surface area contributed by atoms with Gasteiger partial charge in [0, 0.05) is 17.2 Å². The van der Waals surface area contributed by atoms with Gasteiger partial charge in [0.15, 0.2) is 5.11 Å². The highest BCUT2D eigenvalue weighted by Gasteiger charge is 2.02. The molecule has 0 aliphatic carbocycles. The SMILES string of the molecule is Cc1ccc(NC(=S)NCCSc2ccccc2)c(Cl)c1. The van der Waals surface area contributed by atoms with E-state index in [1.54, 1.807) is 11.8 Å². The van der Waals surface area contributed by atoms with Gasteiger partial charge in [0.05, 0.1) is 10.7 Å². The number of benzene rings is 2. The first-order chi connectivity index (χ1) is 10.1. The molecule has 0 unspecified atom stereocenters. The van der Waals surface area contributed by atoms with Crippen molar-refractivity contribution < 1.29 is 0 Å². The minimum atomic E-state index is 0.592. The number of rotatable bonds is 5. The van der Waals surface area contributed by atoms with Crippen LogP contribution in [0.4, 0.5) is 5.69 Å². The van der Waals surface area contributed by atoms with Gasteiger partial charge in [-0.25, -0.2) is 0 Å². The van der Waals surface area contributed by atoms with Crippen LogP contribution in [-0.2, 0) is 0 Å². The summed E-state index contributed by atoms with van der Waals surface area (Å²) >= 11 is 13.2. The van der Waals surface area contributed by atoms with Crippen molar-refractivity contribution in [3.05, 3.63) is 59.1 Å². The highest BCUT2D eigenvalue weighted by atomic mass is 35.5. The maximum atomic E-state index is 6.16. The van der Waals surface area contributed by atoms with Crippen molar-refractivity contribution in [2.75, 3.05) is 17.6 Å². The van der Waals surface area contributed by atoms with E-state index in [4.69, 9.17) is 23.8 Å². The van der Waals surface area contributed by atoms with Gasteiger partial charge in [0.2, 0.25) is 0 Å². The molecule has 0 amide bonds. The van der Waals surface area contributed by atoms with E-state index >= 15 is 0 Å². The largest absolute Gasteiger partial charge is 0.362 e. The lowest BCUT2D eigenvalue weighted by atomic mass is 10.2. The van der Waals surface area contributed by atoms with Gasteiger partial charge >= 0.3 is 0 Å². The third-order valence-corrected chi connectivity index (χ3v) is 4.35. The molecule has 0 saturated carbocycles. The molecule has 0 bridgehead atoms. The lowest BCUT2D eigenvalue weighted by Crippen LogP contribution is -2.30. The van der Waals surface area contributed by atoms with Crippen LogP contribution in [0.25, 0.3) is 0 Å². The molecule has 0 aromatic heterocycles. The molecular formula is C16H17ClN2S2. The lowest BCUT2D eigenvalue weighted by Gasteiger charge is -2.12. The predicted octanol–water partition coefficient (Wildman–Crippen LogP) is 4.73. The Labute approximate surface area is 140 Å². The van der Waals surface area contributed by atoms with Gasteiger partial charge < -0.3 is 10.6 Å². The fourth-order valence-corrected chi connectivity index (χ4v) is 3.02. The van der Waals surface area contributed by atoms with E-state index in [2.05, 4.69) is 22.8 Å². The molecule has 0 aliphatic rings. The number of aryl methyl sites for hydroxylation is 1. The lowest BCUT2D eigenvalue weighted by molar-refractivity contribution is 0.990. The number of thioether (sulfide) groups is 1. The minimum Gasteiger partial charge on any atom is -0.362 e. The minimum absolute atomic E-state index is 0.592. The van der Waals surface area contributed by atoms with Gasteiger partial charge in [-0.1, -0.05) is 35.9 Å². The van der Waals surface area contributed by atoms with Gasteiger partial charge in [0.25, 0.3) is 0 Å². The second kappa shape index (κ2) is 8.27. The average molecular weight is 337 g/mol. The van der Waals surface area contributed by atoms with Crippen LogP contribution in [0.3, 0.4) is 0 Å². The van der Waals surface area contributed by atoms with E-state index in [1.807, 2.05) is 43.3 Å². The van der Waals surface area contributed by atoms with Gasteiger partial charge in [0.1, 0.15) is 0 Å². The number of halogens is 1. The molecule has 2 aromatic rings. The fourth-order valence-electron chi connectivity index (χ4n) is 1.74. The van der Waals surface area contributed by atoms with E-state index in [1.165, 1.54) is 4.90 Å². The topological polar surface area (TPSA) is 24.1 Å². The molecule has 21 heavy (non-hydrogen) atoms. The van der Waals surface area contributed by atoms with Gasteiger partial charge in [-0.15, -0.1) is 11.8 Å². The highest BCUT2D eigenvalue weighted by molar-refractivity contribution is 7.99. The van der Waals surface area contributed by atoms with Crippen LogP contribution in [0.15, 0.2) is 53.4 Å². The van der Waals surface area contributed by atoms with E-state index in [9.17, 15) is 0 Å². The molecule has 2 N–H and O–H groups in total.